The number of para-hydroxylation sites is 1. The molecule has 0 radical (unpaired) electrons. The molecule has 3 aromatic rings. The standard InChI is InChI=1S/C23H24N2O3/c1-3-28-21-14-7-6-12-20(21)23(27)24-15-22(26)25-16(2)18-13-8-10-17-9-4-5-11-19(17)18/h4-14,16H,3,15H2,1-2H3,(H,24,27)(H,25,26). The van der Waals surface area contributed by atoms with E-state index in [0.717, 1.165) is 16.3 Å². The van der Waals surface area contributed by atoms with Crippen molar-refractivity contribution in [1.82, 2.24) is 10.6 Å². The van der Waals surface area contributed by atoms with E-state index in [9.17, 15) is 9.59 Å². The molecule has 0 spiro atoms. The van der Waals surface area contributed by atoms with E-state index in [1.807, 2.05) is 56.3 Å². The van der Waals surface area contributed by atoms with Gasteiger partial charge in [-0.05, 0) is 42.3 Å². The van der Waals surface area contributed by atoms with Crippen LogP contribution in [0, 0.1) is 0 Å². The topological polar surface area (TPSA) is 67.4 Å². The first kappa shape index (κ1) is 19.4. The van der Waals surface area contributed by atoms with E-state index >= 15 is 0 Å². The quantitative estimate of drug-likeness (QED) is 0.658. The molecule has 2 amide bonds. The Hall–Kier alpha value is -3.34. The van der Waals surface area contributed by atoms with Crippen molar-refractivity contribution in [1.29, 1.82) is 0 Å². The third-order valence-corrected chi connectivity index (χ3v) is 4.51. The summed E-state index contributed by atoms with van der Waals surface area (Å²) >= 11 is 0. The fourth-order valence-electron chi connectivity index (χ4n) is 3.19. The third-order valence-electron chi connectivity index (χ3n) is 4.51. The number of carbonyl (C=O) groups is 2. The van der Waals surface area contributed by atoms with Crippen molar-refractivity contribution in [3.63, 3.8) is 0 Å². The maximum Gasteiger partial charge on any atom is 0.255 e. The maximum absolute atomic E-state index is 12.4. The summed E-state index contributed by atoms with van der Waals surface area (Å²) in [7, 11) is 0. The molecule has 0 fully saturated rings. The number of rotatable bonds is 7. The summed E-state index contributed by atoms with van der Waals surface area (Å²) in [6.07, 6.45) is 0. The van der Waals surface area contributed by atoms with E-state index in [0.29, 0.717) is 17.9 Å². The molecule has 5 heteroatoms. The Balaban J connectivity index is 1.62. The van der Waals surface area contributed by atoms with Crippen LogP contribution in [0.1, 0.15) is 35.8 Å². The first-order chi connectivity index (χ1) is 13.6. The van der Waals surface area contributed by atoms with Crippen LogP contribution in [0.3, 0.4) is 0 Å². The lowest BCUT2D eigenvalue weighted by atomic mass is 10.00. The van der Waals surface area contributed by atoms with Gasteiger partial charge in [0.05, 0.1) is 24.8 Å². The van der Waals surface area contributed by atoms with Gasteiger partial charge in [-0.25, -0.2) is 0 Å². The SMILES string of the molecule is CCOc1ccccc1C(=O)NCC(=O)NC(C)c1cccc2ccccc12. The number of ether oxygens (including phenoxy) is 1. The van der Waals surface area contributed by atoms with Gasteiger partial charge in [-0.15, -0.1) is 0 Å². The first-order valence-electron chi connectivity index (χ1n) is 9.37. The predicted octanol–water partition coefficient (Wildman–Crippen LogP) is 3.85. The molecule has 28 heavy (non-hydrogen) atoms. The van der Waals surface area contributed by atoms with E-state index < -0.39 is 0 Å². The lowest BCUT2D eigenvalue weighted by Gasteiger charge is -2.17. The Labute approximate surface area is 164 Å². The van der Waals surface area contributed by atoms with Gasteiger partial charge in [-0.2, -0.15) is 0 Å². The molecule has 1 atom stereocenters. The van der Waals surface area contributed by atoms with Gasteiger partial charge in [-0.3, -0.25) is 9.59 Å². The highest BCUT2D eigenvalue weighted by atomic mass is 16.5. The molecular weight excluding hydrogens is 352 g/mol. The second-order valence-electron chi connectivity index (χ2n) is 6.47. The van der Waals surface area contributed by atoms with Crippen LogP contribution in [-0.4, -0.2) is 25.0 Å². The fraction of sp³-hybridized carbons (Fsp3) is 0.217. The third kappa shape index (κ3) is 4.49. The zero-order chi connectivity index (χ0) is 19.9. The van der Waals surface area contributed by atoms with Crippen LogP contribution in [0.5, 0.6) is 5.75 Å². The van der Waals surface area contributed by atoms with Gasteiger partial charge in [0.1, 0.15) is 5.75 Å². The molecule has 2 N–H and O–H groups in total. The number of benzene rings is 3. The lowest BCUT2D eigenvalue weighted by molar-refractivity contribution is -0.120. The summed E-state index contributed by atoms with van der Waals surface area (Å²) < 4.78 is 5.47. The van der Waals surface area contributed by atoms with Crippen LogP contribution in [-0.2, 0) is 4.79 Å². The first-order valence-corrected chi connectivity index (χ1v) is 9.37. The molecule has 0 saturated carbocycles. The molecular formula is C23H24N2O3. The van der Waals surface area contributed by atoms with Gasteiger partial charge in [0.25, 0.3) is 5.91 Å². The molecule has 5 nitrogen and oxygen atoms in total. The number of carbonyl (C=O) groups excluding carboxylic acids is 2. The maximum atomic E-state index is 12.4. The smallest absolute Gasteiger partial charge is 0.255 e. The highest BCUT2D eigenvalue weighted by Gasteiger charge is 2.15. The second-order valence-corrected chi connectivity index (χ2v) is 6.47. The summed E-state index contributed by atoms with van der Waals surface area (Å²) in [4.78, 5) is 24.8. The van der Waals surface area contributed by atoms with Crippen LogP contribution in [0.2, 0.25) is 0 Å². The average Bonchev–Trinajstić information content (AvgIpc) is 2.72. The molecule has 0 aliphatic carbocycles. The summed E-state index contributed by atoms with van der Waals surface area (Å²) in [5, 5.41) is 7.84. The number of amides is 2. The van der Waals surface area contributed by atoms with Crippen LogP contribution in [0.15, 0.2) is 66.7 Å². The fourth-order valence-corrected chi connectivity index (χ4v) is 3.19. The van der Waals surface area contributed by atoms with Gasteiger partial charge >= 0.3 is 0 Å². The number of nitrogens with one attached hydrogen (secondary N) is 2. The van der Waals surface area contributed by atoms with Crippen molar-refractivity contribution in [2.75, 3.05) is 13.2 Å². The van der Waals surface area contributed by atoms with Crippen molar-refractivity contribution in [3.05, 3.63) is 77.9 Å². The normalized spacial score (nSPS) is 11.6. The number of hydrogen-bond donors (Lipinski definition) is 2. The summed E-state index contributed by atoms with van der Waals surface area (Å²) in [5.41, 5.74) is 1.46. The molecule has 144 valence electrons. The van der Waals surface area contributed by atoms with Gasteiger partial charge < -0.3 is 15.4 Å². The molecule has 0 aliphatic heterocycles. The number of fused-ring (bicyclic) bond motifs is 1. The molecule has 3 rings (SSSR count). The van der Waals surface area contributed by atoms with Gasteiger partial charge in [-0.1, -0.05) is 54.6 Å². The van der Waals surface area contributed by atoms with E-state index in [2.05, 4.69) is 10.6 Å². The Morgan fingerprint density at radius 2 is 1.68 bits per heavy atom. The lowest BCUT2D eigenvalue weighted by Crippen LogP contribution is -2.38. The highest BCUT2D eigenvalue weighted by Crippen LogP contribution is 2.24. The van der Waals surface area contributed by atoms with Crippen molar-refractivity contribution in [3.8, 4) is 5.75 Å². The molecule has 3 aromatic carbocycles. The van der Waals surface area contributed by atoms with Crippen LogP contribution in [0.25, 0.3) is 10.8 Å². The monoisotopic (exact) mass is 376 g/mol. The minimum atomic E-state index is -0.336. The molecule has 0 aliphatic rings. The van der Waals surface area contributed by atoms with Gasteiger partial charge in [0.2, 0.25) is 5.91 Å². The summed E-state index contributed by atoms with van der Waals surface area (Å²) in [6, 6.07) is 20.9. The minimum Gasteiger partial charge on any atom is -0.493 e. The van der Waals surface area contributed by atoms with Gasteiger partial charge in [0.15, 0.2) is 0 Å². The Morgan fingerprint density at radius 1 is 0.964 bits per heavy atom. The van der Waals surface area contributed by atoms with Crippen LogP contribution in [0.4, 0.5) is 0 Å². The van der Waals surface area contributed by atoms with E-state index in [1.165, 1.54) is 0 Å². The molecule has 1 unspecified atom stereocenters. The highest BCUT2D eigenvalue weighted by molar-refractivity contribution is 5.98. The zero-order valence-electron chi connectivity index (χ0n) is 16.1. The molecule has 0 saturated heterocycles. The van der Waals surface area contributed by atoms with E-state index in [-0.39, 0.29) is 24.4 Å². The number of hydrogen-bond acceptors (Lipinski definition) is 3. The van der Waals surface area contributed by atoms with Gasteiger partial charge in [0, 0.05) is 0 Å². The molecule has 0 heterocycles. The minimum absolute atomic E-state index is 0.103. The average molecular weight is 376 g/mol. The predicted molar refractivity (Wildman–Crippen MR) is 110 cm³/mol. The molecule has 0 aromatic heterocycles. The van der Waals surface area contributed by atoms with Crippen molar-refractivity contribution >= 4 is 22.6 Å². The van der Waals surface area contributed by atoms with E-state index in [4.69, 9.17) is 4.74 Å². The van der Waals surface area contributed by atoms with Crippen molar-refractivity contribution in [2.45, 2.75) is 19.9 Å². The summed E-state index contributed by atoms with van der Waals surface area (Å²) in [6.45, 7) is 4.16. The van der Waals surface area contributed by atoms with Crippen LogP contribution < -0.4 is 15.4 Å². The molecule has 0 bridgehead atoms. The Bertz CT molecular complexity index is 979. The second kappa shape index (κ2) is 9.04. The Morgan fingerprint density at radius 3 is 2.50 bits per heavy atom. The Kier molecular flexibility index (Phi) is 6.27. The van der Waals surface area contributed by atoms with E-state index in [1.54, 1.807) is 24.3 Å². The zero-order valence-corrected chi connectivity index (χ0v) is 16.1. The van der Waals surface area contributed by atoms with Crippen molar-refractivity contribution in [2.24, 2.45) is 0 Å². The van der Waals surface area contributed by atoms with Crippen molar-refractivity contribution < 1.29 is 14.3 Å². The largest absolute Gasteiger partial charge is 0.493 e. The summed E-state index contributed by atoms with van der Waals surface area (Å²) in [5.74, 6) is -0.0771. The van der Waals surface area contributed by atoms with Crippen LogP contribution >= 0.6 is 0 Å².